The van der Waals surface area contributed by atoms with Crippen LogP contribution in [0.1, 0.15) is 19.8 Å². The van der Waals surface area contributed by atoms with Gasteiger partial charge in [-0.05, 0) is 52.4 Å². The summed E-state index contributed by atoms with van der Waals surface area (Å²) in [6.07, 6.45) is 2.14. The second kappa shape index (κ2) is 8.01. The molecule has 1 fully saturated rings. The lowest BCUT2D eigenvalue weighted by Gasteiger charge is -2.33. The lowest BCUT2D eigenvalue weighted by atomic mass is 9.97. The zero-order valence-electron chi connectivity index (χ0n) is 10.6. The molecule has 0 aromatic carbocycles. The fourth-order valence-corrected chi connectivity index (χ4v) is 2.27. The van der Waals surface area contributed by atoms with Crippen LogP contribution < -0.4 is 5.32 Å². The van der Waals surface area contributed by atoms with Gasteiger partial charge in [-0.3, -0.25) is 0 Å². The van der Waals surface area contributed by atoms with Crippen molar-refractivity contribution in [1.29, 1.82) is 0 Å². The molecule has 0 bridgehead atoms. The van der Waals surface area contributed by atoms with E-state index in [1.807, 2.05) is 14.0 Å². The Morgan fingerprint density at radius 1 is 1.44 bits per heavy atom. The third-order valence-corrected chi connectivity index (χ3v) is 3.18. The molecule has 0 radical (unpaired) electrons. The second-order valence-corrected chi connectivity index (χ2v) is 4.61. The lowest BCUT2D eigenvalue weighted by Crippen LogP contribution is -2.41. The SMILES string of the molecule is CCOCC(O)CN1CCC(CNC)CC1. The maximum Gasteiger partial charge on any atom is 0.0900 e. The third-order valence-electron chi connectivity index (χ3n) is 3.18. The molecular weight excluding hydrogens is 204 g/mol. The fourth-order valence-electron chi connectivity index (χ4n) is 2.27. The molecule has 1 saturated heterocycles. The van der Waals surface area contributed by atoms with Gasteiger partial charge in [-0.2, -0.15) is 0 Å². The number of aliphatic hydroxyl groups excluding tert-OH is 1. The summed E-state index contributed by atoms with van der Waals surface area (Å²) in [5.41, 5.74) is 0. The predicted molar refractivity (Wildman–Crippen MR) is 65.6 cm³/mol. The Kier molecular flexibility index (Phi) is 6.96. The molecule has 1 rings (SSSR count). The molecule has 1 atom stereocenters. The third kappa shape index (κ3) is 5.25. The lowest BCUT2D eigenvalue weighted by molar-refractivity contribution is 0.0147. The predicted octanol–water partition coefficient (Wildman–Crippen LogP) is 0.315. The summed E-state index contributed by atoms with van der Waals surface area (Å²) in [6, 6.07) is 0. The Morgan fingerprint density at radius 2 is 2.12 bits per heavy atom. The minimum atomic E-state index is -0.333. The molecule has 1 unspecified atom stereocenters. The standard InChI is InChI=1S/C12H26N2O2/c1-3-16-10-12(15)9-14-6-4-11(5-7-14)8-13-2/h11-13,15H,3-10H2,1-2H3. The zero-order chi connectivity index (χ0) is 11.8. The highest BCUT2D eigenvalue weighted by Crippen LogP contribution is 2.16. The van der Waals surface area contributed by atoms with Gasteiger partial charge in [0, 0.05) is 13.2 Å². The number of β-amino-alcohol motifs (C(OH)–C–C–N with tert-alkyl or cyclic N) is 1. The molecule has 16 heavy (non-hydrogen) atoms. The number of nitrogens with one attached hydrogen (secondary N) is 1. The van der Waals surface area contributed by atoms with Gasteiger partial charge in [0.15, 0.2) is 0 Å². The first-order chi connectivity index (χ1) is 7.76. The van der Waals surface area contributed by atoms with Crippen LogP contribution in [0.2, 0.25) is 0 Å². The van der Waals surface area contributed by atoms with E-state index in [4.69, 9.17) is 4.74 Å². The van der Waals surface area contributed by atoms with E-state index >= 15 is 0 Å². The Balaban J connectivity index is 2.11. The monoisotopic (exact) mass is 230 g/mol. The molecule has 1 heterocycles. The summed E-state index contributed by atoms with van der Waals surface area (Å²) in [6.45, 7) is 7.19. The molecule has 1 aliphatic rings. The molecule has 1 aliphatic heterocycles. The summed E-state index contributed by atoms with van der Waals surface area (Å²) in [5, 5.41) is 13.0. The van der Waals surface area contributed by atoms with Gasteiger partial charge in [-0.25, -0.2) is 0 Å². The Morgan fingerprint density at radius 3 is 2.69 bits per heavy atom. The number of rotatable bonds is 7. The van der Waals surface area contributed by atoms with E-state index in [0.717, 1.165) is 32.1 Å². The molecule has 0 aromatic rings. The van der Waals surface area contributed by atoms with Crippen molar-refractivity contribution in [3.05, 3.63) is 0 Å². The number of nitrogens with zero attached hydrogens (tertiary/aromatic N) is 1. The van der Waals surface area contributed by atoms with Gasteiger partial charge in [0.1, 0.15) is 0 Å². The van der Waals surface area contributed by atoms with Crippen molar-refractivity contribution >= 4 is 0 Å². The number of hydrogen-bond donors (Lipinski definition) is 2. The average Bonchev–Trinajstić information content (AvgIpc) is 2.29. The summed E-state index contributed by atoms with van der Waals surface area (Å²) >= 11 is 0. The maximum absolute atomic E-state index is 9.72. The highest BCUT2D eigenvalue weighted by atomic mass is 16.5. The second-order valence-electron chi connectivity index (χ2n) is 4.61. The molecular formula is C12H26N2O2. The first-order valence-corrected chi connectivity index (χ1v) is 6.39. The molecule has 0 aromatic heterocycles. The van der Waals surface area contributed by atoms with Gasteiger partial charge in [0.25, 0.3) is 0 Å². The van der Waals surface area contributed by atoms with Crippen molar-refractivity contribution in [2.45, 2.75) is 25.9 Å². The first-order valence-electron chi connectivity index (χ1n) is 6.39. The van der Waals surface area contributed by atoms with Crippen LogP contribution in [0, 0.1) is 5.92 Å². The van der Waals surface area contributed by atoms with Gasteiger partial charge in [-0.15, -0.1) is 0 Å². The summed E-state index contributed by atoms with van der Waals surface area (Å²) in [4.78, 5) is 2.34. The van der Waals surface area contributed by atoms with Crippen molar-refractivity contribution in [3.8, 4) is 0 Å². The fraction of sp³-hybridized carbons (Fsp3) is 1.00. The van der Waals surface area contributed by atoms with Crippen LogP contribution in [0.4, 0.5) is 0 Å². The Labute approximate surface area is 99.0 Å². The van der Waals surface area contributed by atoms with Gasteiger partial charge < -0.3 is 20.1 Å². The highest BCUT2D eigenvalue weighted by Gasteiger charge is 2.20. The van der Waals surface area contributed by atoms with E-state index in [2.05, 4.69) is 10.2 Å². The summed E-state index contributed by atoms with van der Waals surface area (Å²) < 4.78 is 5.21. The highest BCUT2D eigenvalue weighted by molar-refractivity contribution is 4.75. The summed E-state index contributed by atoms with van der Waals surface area (Å²) in [7, 11) is 2.01. The van der Waals surface area contributed by atoms with E-state index in [1.54, 1.807) is 0 Å². The quantitative estimate of drug-likeness (QED) is 0.661. The number of likely N-dealkylation sites (tertiary alicyclic amines) is 1. The van der Waals surface area contributed by atoms with Crippen LogP contribution in [0.15, 0.2) is 0 Å². The number of hydrogen-bond acceptors (Lipinski definition) is 4. The number of aliphatic hydroxyl groups is 1. The van der Waals surface area contributed by atoms with E-state index < -0.39 is 0 Å². The minimum Gasteiger partial charge on any atom is -0.389 e. The topological polar surface area (TPSA) is 44.7 Å². The van der Waals surface area contributed by atoms with Crippen LogP contribution in [-0.4, -0.2) is 62.6 Å². The van der Waals surface area contributed by atoms with Crippen LogP contribution >= 0.6 is 0 Å². The van der Waals surface area contributed by atoms with Crippen LogP contribution in [0.25, 0.3) is 0 Å². The van der Waals surface area contributed by atoms with E-state index in [1.165, 1.54) is 12.8 Å². The van der Waals surface area contributed by atoms with Crippen LogP contribution in [-0.2, 0) is 4.74 Å². The van der Waals surface area contributed by atoms with Crippen molar-refractivity contribution in [1.82, 2.24) is 10.2 Å². The first kappa shape index (κ1) is 13.9. The van der Waals surface area contributed by atoms with Crippen LogP contribution in [0.5, 0.6) is 0 Å². The molecule has 0 saturated carbocycles. The largest absolute Gasteiger partial charge is 0.389 e. The number of piperidine rings is 1. The van der Waals surface area contributed by atoms with Gasteiger partial charge >= 0.3 is 0 Å². The van der Waals surface area contributed by atoms with E-state index in [0.29, 0.717) is 13.2 Å². The van der Waals surface area contributed by atoms with Crippen molar-refractivity contribution in [2.75, 3.05) is 46.4 Å². The van der Waals surface area contributed by atoms with Crippen molar-refractivity contribution < 1.29 is 9.84 Å². The molecule has 4 nitrogen and oxygen atoms in total. The molecule has 0 spiro atoms. The molecule has 0 aliphatic carbocycles. The van der Waals surface area contributed by atoms with Gasteiger partial charge in [0.05, 0.1) is 12.7 Å². The maximum atomic E-state index is 9.72. The molecule has 0 amide bonds. The molecule has 96 valence electrons. The molecule has 2 N–H and O–H groups in total. The molecule has 4 heteroatoms. The minimum absolute atomic E-state index is 0.333. The average molecular weight is 230 g/mol. The van der Waals surface area contributed by atoms with Crippen molar-refractivity contribution in [2.24, 2.45) is 5.92 Å². The Bertz CT molecular complexity index is 170. The van der Waals surface area contributed by atoms with Crippen LogP contribution in [0.3, 0.4) is 0 Å². The smallest absolute Gasteiger partial charge is 0.0900 e. The van der Waals surface area contributed by atoms with Crippen molar-refractivity contribution in [3.63, 3.8) is 0 Å². The van der Waals surface area contributed by atoms with E-state index in [-0.39, 0.29) is 6.10 Å². The zero-order valence-corrected chi connectivity index (χ0v) is 10.6. The van der Waals surface area contributed by atoms with Gasteiger partial charge in [0.2, 0.25) is 0 Å². The Hall–Kier alpha value is -0.160. The number of ether oxygens (including phenoxy) is 1. The van der Waals surface area contributed by atoms with Gasteiger partial charge in [-0.1, -0.05) is 0 Å². The summed E-state index contributed by atoms with van der Waals surface area (Å²) in [5.74, 6) is 0.810. The normalized spacial score (nSPS) is 21.2. The van der Waals surface area contributed by atoms with E-state index in [9.17, 15) is 5.11 Å².